The zero-order valence-electron chi connectivity index (χ0n) is 11.1. The van der Waals surface area contributed by atoms with Crippen LogP contribution in [-0.4, -0.2) is 41.0 Å². The average molecular weight is 252 g/mol. The molecule has 0 amide bonds. The van der Waals surface area contributed by atoms with Gasteiger partial charge < -0.3 is 10.2 Å². The first-order valence-electron chi connectivity index (χ1n) is 6.15. The van der Waals surface area contributed by atoms with Gasteiger partial charge in [0.15, 0.2) is 0 Å². The number of likely N-dealkylation sites (N-methyl/N-ethyl adjacent to an activating group) is 1. The molecule has 0 saturated carbocycles. The summed E-state index contributed by atoms with van der Waals surface area (Å²) in [5, 5.41) is 13.8. The molecule has 0 bridgehead atoms. The highest BCUT2D eigenvalue weighted by molar-refractivity contribution is 5.48. The van der Waals surface area contributed by atoms with Crippen LogP contribution in [0.2, 0.25) is 0 Å². The highest BCUT2D eigenvalue weighted by atomic mass is 16.6. The van der Waals surface area contributed by atoms with Gasteiger partial charge in [0.1, 0.15) is 12.0 Å². The number of nitro groups is 1. The Labute approximate surface area is 107 Å². The Morgan fingerprint density at radius 1 is 1.44 bits per heavy atom. The van der Waals surface area contributed by atoms with Gasteiger partial charge in [-0.25, -0.2) is 4.98 Å². The van der Waals surface area contributed by atoms with Crippen molar-refractivity contribution in [2.24, 2.45) is 0 Å². The molecule has 0 atom stereocenters. The third kappa shape index (κ3) is 3.96. The number of hydrogen-bond donors (Lipinski definition) is 1. The summed E-state index contributed by atoms with van der Waals surface area (Å²) in [6.07, 6.45) is 1.28. The van der Waals surface area contributed by atoms with Gasteiger partial charge in [-0.15, -0.1) is 0 Å². The van der Waals surface area contributed by atoms with Crippen molar-refractivity contribution in [2.45, 2.75) is 20.8 Å². The molecule has 0 aliphatic carbocycles. The number of nitrogens with zero attached hydrogens (tertiary/aromatic N) is 3. The zero-order chi connectivity index (χ0) is 13.5. The van der Waals surface area contributed by atoms with Gasteiger partial charge in [0.25, 0.3) is 5.69 Å². The summed E-state index contributed by atoms with van der Waals surface area (Å²) < 4.78 is 0. The molecule has 6 nitrogen and oxygen atoms in total. The van der Waals surface area contributed by atoms with Crippen molar-refractivity contribution in [2.75, 3.05) is 31.5 Å². The maximum Gasteiger partial charge on any atom is 0.287 e. The normalized spacial score (nSPS) is 10.7. The van der Waals surface area contributed by atoms with Crippen molar-refractivity contribution in [1.29, 1.82) is 0 Å². The summed E-state index contributed by atoms with van der Waals surface area (Å²) in [5.74, 6) is 0.716. The summed E-state index contributed by atoms with van der Waals surface area (Å²) in [7, 11) is 0. The fraction of sp³-hybridized carbons (Fsp3) is 0.583. The van der Waals surface area contributed by atoms with E-state index in [0.717, 1.165) is 31.7 Å². The Balaban J connectivity index is 2.55. The number of anilines is 1. The van der Waals surface area contributed by atoms with E-state index in [1.165, 1.54) is 12.3 Å². The minimum Gasteiger partial charge on any atom is -0.369 e. The minimum atomic E-state index is -0.431. The molecule has 18 heavy (non-hydrogen) atoms. The Morgan fingerprint density at radius 3 is 2.61 bits per heavy atom. The van der Waals surface area contributed by atoms with E-state index in [2.05, 4.69) is 29.0 Å². The predicted octanol–water partition coefficient (Wildman–Crippen LogP) is 2.05. The van der Waals surface area contributed by atoms with E-state index in [1.807, 2.05) is 6.92 Å². The van der Waals surface area contributed by atoms with Crippen LogP contribution in [-0.2, 0) is 0 Å². The molecule has 1 heterocycles. The van der Waals surface area contributed by atoms with Crippen molar-refractivity contribution in [1.82, 2.24) is 9.88 Å². The lowest BCUT2D eigenvalue weighted by atomic mass is 10.2. The highest BCUT2D eigenvalue weighted by Crippen LogP contribution is 2.17. The number of aromatic nitrogens is 1. The lowest BCUT2D eigenvalue weighted by molar-refractivity contribution is -0.385. The van der Waals surface area contributed by atoms with Crippen molar-refractivity contribution in [3.8, 4) is 0 Å². The first-order valence-corrected chi connectivity index (χ1v) is 6.15. The number of rotatable bonds is 7. The molecule has 0 unspecified atom stereocenters. The molecule has 1 N–H and O–H groups in total. The fourth-order valence-corrected chi connectivity index (χ4v) is 1.72. The third-order valence-corrected chi connectivity index (χ3v) is 2.89. The van der Waals surface area contributed by atoms with E-state index in [-0.39, 0.29) is 5.69 Å². The summed E-state index contributed by atoms with van der Waals surface area (Å²) in [5.41, 5.74) is 0.825. The lowest BCUT2D eigenvalue weighted by Gasteiger charge is -2.18. The first-order chi connectivity index (χ1) is 8.58. The van der Waals surface area contributed by atoms with Crippen LogP contribution in [0, 0.1) is 17.0 Å². The second-order valence-electron chi connectivity index (χ2n) is 4.07. The van der Waals surface area contributed by atoms with Crippen LogP contribution in [0.25, 0.3) is 0 Å². The third-order valence-electron chi connectivity index (χ3n) is 2.89. The molecular weight excluding hydrogens is 232 g/mol. The van der Waals surface area contributed by atoms with Gasteiger partial charge in [-0.2, -0.15) is 0 Å². The number of nitrogens with one attached hydrogen (secondary N) is 1. The van der Waals surface area contributed by atoms with Crippen molar-refractivity contribution in [3.63, 3.8) is 0 Å². The summed E-state index contributed by atoms with van der Waals surface area (Å²) >= 11 is 0. The molecule has 0 fully saturated rings. The largest absolute Gasteiger partial charge is 0.369 e. The van der Waals surface area contributed by atoms with E-state index in [1.54, 1.807) is 0 Å². The number of pyridine rings is 1. The van der Waals surface area contributed by atoms with Gasteiger partial charge in [-0.1, -0.05) is 13.8 Å². The van der Waals surface area contributed by atoms with Crippen molar-refractivity contribution < 1.29 is 4.92 Å². The molecule has 100 valence electrons. The maximum atomic E-state index is 10.6. The van der Waals surface area contributed by atoms with Crippen LogP contribution < -0.4 is 5.32 Å². The average Bonchev–Trinajstić information content (AvgIpc) is 2.36. The molecule has 0 aliphatic rings. The number of aryl methyl sites for hydroxylation is 1. The molecule has 0 aromatic carbocycles. The lowest BCUT2D eigenvalue weighted by Crippen LogP contribution is -2.28. The quantitative estimate of drug-likeness (QED) is 0.594. The van der Waals surface area contributed by atoms with Crippen LogP contribution in [0.5, 0.6) is 0 Å². The van der Waals surface area contributed by atoms with Gasteiger partial charge in [-0.3, -0.25) is 10.1 Å². The van der Waals surface area contributed by atoms with Crippen molar-refractivity contribution in [3.05, 3.63) is 27.9 Å². The van der Waals surface area contributed by atoms with Crippen LogP contribution in [0.15, 0.2) is 12.3 Å². The SMILES string of the molecule is CCN(CC)CCNc1ncc([N+](=O)[O-])cc1C. The molecule has 0 aliphatic heterocycles. The second kappa shape index (κ2) is 6.90. The molecular formula is C12H20N4O2. The Morgan fingerprint density at radius 2 is 2.11 bits per heavy atom. The molecule has 0 radical (unpaired) electrons. The Kier molecular flexibility index (Phi) is 5.51. The summed E-state index contributed by atoms with van der Waals surface area (Å²) in [4.78, 5) is 16.5. The van der Waals surface area contributed by atoms with E-state index in [0.29, 0.717) is 5.82 Å². The molecule has 0 spiro atoms. The fourth-order valence-electron chi connectivity index (χ4n) is 1.72. The van der Waals surface area contributed by atoms with E-state index in [4.69, 9.17) is 0 Å². The predicted molar refractivity (Wildman–Crippen MR) is 71.9 cm³/mol. The number of hydrogen-bond acceptors (Lipinski definition) is 5. The second-order valence-corrected chi connectivity index (χ2v) is 4.07. The van der Waals surface area contributed by atoms with E-state index in [9.17, 15) is 10.1 Å². The van der Waals surface area contributed by atoms with Crippen LogP contribution >= 0.6 is 0 Å². The standard InChI is InChI=1S/C12H20N4O2/c1-4-15(5-2)7-6-13-12-10(3)8-11(9-14-12)16(17)18/h8-9H,4-7H2,1-3H3,(H,13,14). The van der Waals surface area contributed by atoms with Gasteiger partial charge >= 0.3 is 0 Å². The Bertz CT molecular complexity index is 405. The van der Waals surface area contributed by atoms with Gasteiger partial charge in [0.2, 0.25) is 0 Å². The summed E-state index contributed by atoms with van der Waals surface area (Å²) in [6.45, 7) is 9.83. The molecule has 1 rings (SSSR count). The molecule has 6 heteroatoms. The Hall–Kier alpha value is -1.69. The maximum absolute atomic E-state index is 10.6. The van der Waals surface area contributed by atoms with Gasteiger partial charge in [0.05, 0.1) is 4.92 Å². The highest BCUT2D eigenvalue weighted by Gasteiger charge is 2.09. The summed E-state index contributed by atoms with van der Waals surface area (Å²) in [6, 6.07) is 1.53. The van der Waals surface area contributed by atoms with Gasteiger partial charge in [-0.05, 0) is 25.6 Å². The smallest absolute Gasteiger partial charge is 0.287 e. The first kappa shape index (κ1) is 14.4. The zero-order valence-corrected chi connectivity index (χ0v) is 11.1. The van der Waals surface area contributed by atoms with Crippen LogP contribution in [0.1, 0.15) is 19.4 Å². The van der Waals surface area contributed by atoms with Gasteiger partial charge in [0, 0.05) is 19.2 Å². The van der Waals surface area contributed by atoms with Crippen LogP contribution in [0.3, 0.4) is 0 Å². The molecule has 1 aromatic rings. The van der Waals surface area contributed by atoms with E-state index >= 15 is 0 Å². The molecule has 0 saturated heterocycles. The monoisotopic (exact) mass is 252 g/mol. The molecule has 1 aromatic heterocycles. The minimum absolute atomic E-state index is 0.0294. The van der Waals surface area contributed by atoms with Crippen LogP contribution in [0.4, 0.5) is 11.5 Å². The topological polar surface area (TPSA) is 71.3 Å². The van der Waals surface area contributed by atoms with Crippen molar-refractivity contribution >= 4 is 11.5 Å². The van der Waals surface area contributed by atoms with E-state index < -0.39 is 4.92 Å².